The summed E-state index contributed by atoms with van der Waals surface area (Å²) in [5.41, 5.74) is 1.80. The molecule has 1 amide bonds. The van der Waals surface area contributed by atoms with E-state index in [-0.39, 0.29) is 24.1 Å². The third-order valence-electron chi connectivity index (χ3n) is 5.14. The number of amides is 1. The van der Waals surface area contributed by atoms with Gasteiger partial charge >= 0.3 is 6.01 Å². The zero-order valence-electron chi connectivity index (χ0n) is 16.4. The fourth-order valence-corrected chi connectivity index (χ4v) is 3.52. The van der Waals surface area contributed by atoms with E-state index in [0.29, 0.717) is 5.56 Å². The SMILES string of the molecule is CCN(CC)c1ccc(C(=O)NC2CCC(Oc3ncc(F)cn3)CC2)cc1. The number of aromatic nitrogens is 2. The summed E-state index contributed by atoms with van der Waals surface area (Å²) in [6.07, 6.45) is 5.44. The Hall–Kier alpha value is -2.70. The minimum absolute atomic E-state index is 0.00744. The van der Waals surface area contributed by atoms with Crippen LogP contribution in [0.15, 0.2) is 36.7 Å². The molecule has 1 saturated carbocycles. The smallest absolute Gasteiger partial charge is 0.316 e. The van der Waals surface area contributed by atoms with Crippen molar-refractivity contribution in [2.75, 3.05) is 18.0 Å². The largest absolute Gasteiger partial charge is 0.460 e. The summed E-state index contributed by atoms with van der Waals surface area (Å²) in [5.74, 6) is -0.527. The van der Waals surface area contributed by atoms with E-state index in [9.17, 15) is 9.18 Å². The minimum atomic E-state index is -0.483. The summed E-state index contributed by atoms with van der Waals surface area (Å²) in [7, 11) is 0. The number of anilines is 1. The zero-order valence-corrected chi connectivity index (χ0v) is 16.4. The Balaban J connectivity index is 1.47. The minimum Gasteiger partial charge on any atom is -0.460 e. The second-order valence-corrected chi connectivity index (χ2v) is 6.97. The van der Waals surface area contributed by atoms with Gasteiger partial charge in [-0.15, -0.1) is 0 Å². The molecule has 1 aliphatic rings. The number of ether oxygens (including phenoxy) is 1. The third-order valence-corrected chi connectivity index (χ3v) is 5.14. The first-order valence-corrected chi connectivity index (χ1v) is 9.89. The summed E-state index contributed by atoms with van der Waals surface area (Å²) in [4.78, 5) is 22.4. The van der Waals surface area contributed by atoms with E-state index in [1.54, 1.807) is 0 Å². The summed E-state index contributed by atoms with van der Waals surface area (Å²) in [6.45, 7) is 6.12. The molecule has 28 heavy (non-hydrogen) atoms. The Morgan fingerprint density at radius 2 is 1.71 bits per heavy atom. The van der Waals surface area contributed by atoms with Crippen molar-refractivity contribution in [3.8, 4) is 6.01 Å². The molecule has 150 valence electrons. The highest BCUT2D eigenvalue weighted by atomic mass is 19.1. The standard InChI is InChI=1S/C21H27FN4O2/c1-3-26(4-2)18-9-5-15(6-10-18)20(27)25-17-7-11-19(12-8-17)28-21-23-13-16(22)14-24-21/h5-6,9-10,13-14,17,19H,3-4,7-8,11-12H2,1-2H3,(H,25,27). The van der Waals surface area contributed by atoms with Crippen molar-refractivity contribution in [3.05, 3.63) is 48.0 Å². The highest BCUT2D eigenvalue weighted by molar-refractivity contribution is 5.94. The van der Waals surface area contributed by atoms with Gasteiger partial charge in [-0.1, -0.05) is 0 Å². The van der Waals surface area contributed by atoms with Crippen LogP contribution in [0.25, 0.3) is 0 Å². The number of nitrogens with one attached hydrogen (secondary N) is 1. The maximum atomic E-state index is 12.9. The lowest BCUT2D eigenvalue weighted by Gasteiger charge is -2.29. The van der Waals surface area contributed by atoms with Crippen LogP contribution >= 0.6 is 0 Å². The van der Waals surface area contributed by atoms with E-state index in [2.05, 4.69) is 34.0 Å². The molecule has 6 nitrogen and oxygen atoms in total. The number of benzene rings is 1. The fraction of sp³-hybridized carbons (Fsp3) is 0.476. The van der Waals surface area contributed by atoms with Crippen LogP contribution in [0.5, 0.6) is 6.01 Å². The normalized spacial score (nSPS) is 19.1. The van der Waals surface area contributed by atoms with Crippen molar-refractivity contribution < 1.29 is 13.9 Å². The molecule has 0 unspecified atom stereocenters. The molecule has 1 aliphatic carbocycles. The Kier molecular flexibility index (Phi) is 6.79. The summed E-state index contributed by atoms with van der Waals surface area (Å²) < 4.78 is 18.6. The molecular formula is C21H27FN4O2. The number of rotatable bonds is 7. The van der Waals surface area contributed by atoms with E-state index < -0.39 is 5.82 Å². The molecular weight excluding hydrogens is 359 g/mol. The maximum Gasteiger partial charge on any atom is 0.316 e. The lowest BCUT2D eigenvalue weighted by atomic mass is 9.92. The molecule has 0 atom stereocenters. The van der Waals surface area contributed by atoms with Gasteiger partial charge in [0.25, 0.3) is 5.91 Å². The number of halogens is 1. The third kappa shape index (κ3) is 5.18. The van der Waals surface area contributed by atoms with Crippen molar-refractivity contribution in [2.24, 2.45) is 0 Å². The highest BCUT2D eigenvalue weighted by Gasteiger charge is 2.24. The van der Waals surface area contributed by atoms with Gasteiger partial charge in [-0.25, -0.2) is 14.4 Å². The lowest BCUT2D eigenvalue weighted by Crippen LogP contribution is -2.39. The van der Waals surface area contributed by atoms with Gasteiger partial charge in [0.2, 0.25) is 0 Å². The average molecular weight is 386 g/mol. The number of carbonyl (C=O) groups excluding carboxylic acids is 1. The molecule has 0 radical (unpaired) electrons. The Morgan fingerprint density at radius 3 is 2.29 bits per heavy atom. The van der Waals surface area contributed by atoms with Gasteiger partial charge in [0.15, 0.2) is 5.82 Å². The van der Waals surface area contributed by atoms with E-state index in [1.807, 2.05) is 24.3 Å². The molecule has 0 saturated heterocycles. The number of hydrogen-bond acceptors (Lipinski definition) is 5. The quantitative estimate of drug-likeness (QED) is 0.788. The van der Waals surface area contributed by atoms with E-state index >= 15 is 0 Å². The van der Waals surface area contributed by atoms with Crippen molar-refractivity contribution in [2.45, 2.75) is 51.7 Å². The second-order valence-electron chi connectivity index (χ2n) is 6.97. The van der Waals surface area contributed by atoms with Crippen molar-refractivity contribution in [1.82, 2.24) is 15.3 Å². The molecule has 0 bridgehead atoms. The molecule has 1 heterocycles. The van der Waals surface area contributed by atoms with Gasteiger partial charge in [-0.3, -0.25) is 4.79 Å². The van der Waals surface area contributed by atoms with Gasteiger partial charge in [0.05, 0.1) is 12.4 Å². The molecule has 7 heteroatoms. The van der Waals surface area contributed by atoms with Crippen LogP contribution in [0, 0.1) is 5.82 Å². The number of hydrogen-bond donors (Lipinski definition) is 1. The monoisotopic (exact) mass is 386 g/mol. The van der Waals surface area contributed by atoms with Gasteiger partial charge in [0, 0.05) is 30.4 Å². The lowest BCUT2D eigenvalue weighted by molar-refractivity contribution is 0.0885. The molecule has 0 spiro atoms. The first-order chi connectivity index (χ1) is 13.6. The van der Waals surface area contributed by atoms with Crippen LogP contribution in [-0.4, -0.2) is 41.1 Å². The molecule has 1 aromatic heterocycles. The molecule has 0 aliphatic heterocycles. The van der Waals surface area contributed by atoms with Crippen molar-refractivity contribution >= 4 is 11.6 Å². The van der Waals surface area contributed by atoms with Crippen LogP contribution in [0.4, 0.5) is 10.1 Å². The maximum absolute atomic E-state index is 12.9. The summed E-state index contributed by atoms with van der Waals surface area (Å²) in [6, 6.07) is 8.07. The van der Waals surface area contributed by atoms with Crippen LogP contribution in [0.2, 0.25) is 0 Å². The summed E-state index contributed by atoms with van der Waals surface area (Å²) >= 11 is 0. The Labute approximate surface area is 165 Å². The van der Waals surface area contributed by atoms with Crippen LogP contribution in [0.3, 0.4) is 0 Å². The fourth-order valence-electron chi connectivity index (χ4n) is 3.52. The summed E-state index contributed by atoms with van der Waals surface area (Å²) in [5, 5.41) is 3.11. The average Bonchev–Trinajstić information content (AvgIpc) is 2.72. The molecule has 2 aromatic rings. The van der Waals surface area contributed by atoms with E-state index in [1.165, 1.54) is 0 Å². The van der Waals surface area contributed by atoms with Crippen LogP contribution < -0.4 is 15.0 Å². The van der Waals surface area contributed by atoms with Gasteiger partial charge in [-0.05, 0) is 63.8 Å². The second kappa shape index (κ2) is 9.48. The molecule has 3 rings (SSSR count). The van der Waals surface area contributed by atoms with Gasteiger partial charge in [0.1, 0.15) is 6.10 Å². The van der Waals surface area contributed by atoms with Crippen LogP contribution in [0.1, 0.15) is 49.9 Å². The molecule has 1 fully saturated rings. The highest BCUT2D eigenvalue weighted by Crippen LogP contribution is 2.23. The van der Waals surface area contributed by atoms with Crippen molar-refractivity contribution in [1.29, 1.82) is 0 Å². The predicted molar refractivity (Wildman–Crippen MR) is 106 cm³/mol. The molecule has 1 N–H and O–H groups in total. The molecule has 1 aromatic carbocycles. The van der Waals surface area contributed by atoms with E-state index in [0.717, 1.165) is 56.9 Å². The topological polar surface area (TPSA) is 67.4 Å². The first kappa shape index (κ1) is 20.0. The zero-order chi connectivity index (χ0) is 19.9. The van der Waals surface area contributed by atoms with Crippen molar-refractivity contribution in [3.63, 3.8) is 0 Å². The first-order valence-electron chi connectivity index (χ1n) is 9.89. The van der Waals surface area contributed by atoms with Gasteiger partial charge < -0.3 is 15.0 Å². The Bertz CT molecular complexity index is 755. The Morgan fingerprint density at radius 1 is 1.11 bits per heavy atom. The van der Waals surface area contributed by atoms with E-state index in [4.69, 9.17) is 4.74 Å². The number of nitrogens with zero attached hydrogens (tertiary/aromatic N) is 3. The number of carbonyl (C=O) groups is 1. The van der Waals surface area contributed by atoms with Crippen LogP contribution in [-0.2, 0) is 0 Å². The predicted octanol–water partition coefficient (Wildman–Crippen LogP) is 3.58. The van der Waals surface area contributed by atoms with Gasteiger partial charge in [-0.2, -0.15) is 0 Å².